The fraction of sp³-hybridized carbons (Fsp3) is 0.182. The van der Waals surface area contributed by atoms with Gasteiger partial charge in [-0.05, 0) is 55.0 Å². The molecule has 9 heteroatoms. The normalized spacial score (nSPS) is 11.5. The summed E-state index contributed by atoms with van der Waals surface area (Å²) in [6.07, 6.45) is 3.76. The first-order chi connectivity index (χ1) is 14.8. The Bertz CT molecular complexity index is 1180. The summed E-state index contributed by atoms with van der Waals surface area (Å²) in [4.78, 5) is 11.8. The van der Waals surface area contributed by atoms with E-state index in [0.717, 1.165) is 5.56 Å². The Labute approximate surface area is 181 Å². The number of hydrogen-bond acceptors (Lipinski definition) is 6. The number of anilines is 2. The SMILES string of the molecule is CCC(=O)Nc1c(C)noc1/C=C\c1ccc(S(=O)(=O)Nc2ccc(OC)cc2)cc1. The predicted molar refractivity (Wildman–Crippen MR) is 119 cm³/mol. The number of carbonyl (C=O) groups excluding carboxylic acids is 1. The van der Waals surface area contributed by atoms with Gasteiger partial charge in [0.15, 0.2) is 5.76 Å². The standard InChI is InChI=1S/C22H23N3O5S/c1-4-21(26)23-22-15(2)24-30-20(22)14-7-16-5-12-19(13-6-16)31(27,28)25-17-8-10-18(29-3)11-9-17/h5-14,25H,4H2,1-3H3,(H,23,26)/b14-7-. The number of methoxy groups -OCH3 is 1. The maximum Gasteiger partial charge on any atom is 0.261 e. The number of benzene rings is 2. The topological polar surface area (TPSA) is 111 Å². The van der Waals surface area contributed by atoms with Crippen molar-refractivity contribution in [2.45, 2.75) is 25.2 Å². The van der Waals surface area contributed by atoms with Gasteiger partial charge in [-0.3, -0.25) is 9.52 Å². The van der Waals surface area contributed by atoms with Gasteiger partial charge in [0.2, 0.25) is 5.91 Å². The van der Waals surface area contributed by atoms with Gasteiger partial charge in [0, 0.05) is 12.1 Å². The van der Waals surface area contributed by atoms with Crippen molar-refractivity contribution < 1.29 is 22.5 Å². The molecule has 1 amide bonds. The molecule has 0 saturated carbocycles. The highest BCUT2D eigenvalue weighted by molar-refractivity contribution is 7.92. The lowest BCUT2D eigenvalue weighted by atomic mass is 10.2. The van der Waals surface area contributed by atoms with Crippen LogP contribution in [0.4, 0.5) is 11.4 Å². The van der Waals surface area contributed by atoms with Crippen LogP contribution in [-0.4, -0.2) is 26.6 Å². The van der Waals surface area contributed by atoms with Crippen LogP contribution in [0.1, 0.15) is 30.4 Å². The van der Waals surface area contributed by atoms with E-state index >= 15 is 0 Å². The van der Waals surface area contributed by atoms with Crippen LogP contribution in [0.5, 0.6) is 5.75 Å². The molecule has 0 unspecified atom stereocenters. The number of amides is 1. The van der Waals surface area contributed by atoms with Crippen molar-refractivity contribution in [2.24, 2.45) is 0 Å². The minimum atomic E-state index is -3.73. The van der Waals surface area contributed by atoms with Crippen LogP contribution in [-0.2, 0) is 14.8 Å². The zero-order valence-electron chi connectivity index (χ0n) is 17.4. The Morgan fingerprint density at radius 1 is 1.10 bits per heavy atom. The Morgan fingerprint density at radius 2 is 1.77 bits per heavy atom. The quantitative estimate of drug-likeness (QED) is 0.539. The lowest BCUT2D eigenvalue weighted by Crippen LogP contribution is -2.12. The van der Waals surface area contributed by atoms with E-state index in [0.29, 0.717) is 35.0 Å². The summed E-state index contributed by atoms with van der Waals surface area (Å²) in [6.45, 7) is 3.49. The molecule has 3 rings (SSSR count). The van der Waals surface area contributed by atoms with E-state index in [9.17, 15) is 13.2 Å². The van der Waals surface area contributed by atoms with E-state index < -0.39 is 10.0 Å². The molecule has 3 aromatic rings. The first-order valence-corrected chi connectivity index (χ1v) is 11.0. The molecule has 162 valence electrons. The van der Waals surface area contributed by atoms with Crippen LogP contribution in [0.3, 0.4) is 0 Å². The van der Waals surface area contributed by atoms with Crippen LogP contribution in [0.25, 0.3) is 12.2 Å². The molecule has 0 saturated heterocycles. The fourth-order valence-corrected chi connectivity index (χ4v) is 3.74. The van der Waals surface area contributed by atoms with Crippen molar-refractivity contribution in [2.75, 3.05) is 17.1 Å². The second-order valence-corrected chi connectivity index (χ2v) is 8.33. The lowest BCUT2D eigenvalue weighted by Gasteiger charge is -2.09. The molecule has 0 fully saturated rings. The minimum Gasteiger partial charge on any atom is -0.497 e. The van der Waals surface area contributed by atoms with Crippen molar-refractivity contribution in [1.29, 1.82) is 0 Å². The van der Waals surface area contributed by atoms with Crippen molar-refractivity contribution in [3.05, 3.63) is 65.5 Å². The van der Waals surface area contributed by atoms with Crippen molar-refractivity contribution in [1.82, 2.24) is 5.16 Å². The number of sulfonamides is 1. The summed E-state index contributed by atoms with van der Waals surface area (Å²) >= 11 is 0. The molecule has 0 radical (unpaired) electrons. The lowest BCUT2D eigenvalue weighted by molar-refractivity contribution is -0.115. The summed E-state index contributed by atoms with van der Waals surface area (Å²) < 4.78 is 38.1. The van der Waals surface area contributed by atoms with Crippen LogP contribution in [0, 0.1) is 6.92 Å². The smallest absolute Gasteiger partial charge is 0.261 e. The third-order valence-corrected chi connectivity index (χ3v) is 5.83. The molecule has 0 bridgehead atoms. The molecule has 0 atom stereocenters. The molecule has 0 aliphatic heterocycles. The van der Waals surface area contributed by atoms with E-state index in [-0.39, 0.29) is 10.8 Å². The molecule has 1 aromatic heterocycles. The van der Waals surface area contributed by atoms with Crippen molar-refractivity contribution >= 4 is 39.5 Å². The number of nitrogens with one attached hydrogen (secondary N) is 2. The summed E-state index contributed by atoms with van der Waals surface area (Å²) in [7, 11) is -2.19. The molecule has 0 spiro atoms. The van der Waals surface area contributed by atoms with Gasteiger partial charge in [0.25, 0.3) is 10.0 Å². The molecule has 2 N–H and O–H groups in total. The molecular formula is C22H23N3O5S. The average Bonchev–Trinajstić information content (AvgIpc) is 3.12. The number of aromatic nitrogens is 1. The molecule has 8 nitrogen and oxygen atoms in total. The summed E-state index contributed by atoms with van der Waals surface area (Å²) in [5.41, 5.74) is 2.29. The van der Waals surface area contributed by atoms with Gasteiger partial charge in [0.1, 0.15) is 17.1 Å². The van der Waals surface area contributed by atoms with Gasteiger partial charge in [-0.15, -0.1) is 0 Å². The second-order valence-electron chi connectivity index (χ2n) is 6.65. The minimum absolute atomic E-state index is 0.131. The Morgan fingerprint density at radius 3 is 2.39 bits per heavy atom. The molecule has 2 aromatic carbocycles. The first kappa shape index (κ1) is 22.1. The molecule has 0 aliphatic carbocycles. The largest absolute Gasteiger partial charge is 0.497 e. The van der Waals surface area contributed by atoms with Crippen molar-refractivity contribution in [3.63, 3.8) is 0 Å². The van der Waals surface area contributed by atoms with E-state index in [1.165, 1.54) is 12.1 Å². The monoisotopic (exact) mass is 441 g/mol. The highest BCUT2D eigenvalue weighted by Crippen LogP contribution is 2.24. The number of rotatable bonds is 8. The predicted octanol–water partition coefficient (Wildman–Crippen LogP) is 4.31. The molecule has 0 aliphatic rings. The number of hydrogen-bond donors (Lipinski definition) is 2. The average molecular weight is 442 g/mol. The zero-order valence-corrected chi connectivity index (χ0v) is 18.2. The zero-order chi connectivity index (χ0) is 22.4. The highest BCUT2D eigenvalue weighted by atomic mass is 32.2. The third kappa shape index (κ3) is 5.52. The second kappa shape index (κ2) is 9.48. The molecule has 1 heterocycles. The van der Waals surface area contributed by atoms with E-state index in [1.54, 1.807) is 69.5 Å². The first-order valence-electron chi connectivity index (χ1n) is 9.53. The maximum atomic E-state index is 12.6. The van der Waals surface area contributed by atoms with Crippen LogP contribution in [0.15, 0.2) is 57.9 Å². The van der Waals surface area contributed by atoms with Crippen LogP contribution in [0.2, 0.25) is 0 Å². The number of nitrogens with zero attached hydrogens (tertiary/aromatic N) is 1. The number of ether oxygens (including phenoxy) is 1. The summed E-state index contributed by atoms with van der Waals surface area (Å²) in [5.74, 6) is 0.912. The van der Waals surface area contributed by atoms with Gasteiger partial charge in [0.05, 0.1) is 12.0 Å². The highest BCUT2D eigenvalue weighted by Gasteiger charge is 2.15. The Hall–Kier alpha value is -3.59. The van der Waals surface area contributed by atoms with Gasteiger partial charge >= 0.3 is 0 Å². The molecular weight excluding hydrogens is 418 g/mol. The van der Waals surface area contributed by atoms with Crippen molar-refractivity contribution in [3.8, 4) is 5.75 Å². The Balaban J connectivity index is 1.73. The number of carbonyl (C=O) groups is 1. The Kier molecular flexibility index (Phi) is 6.76. The van der Waals surface area contributed by atoms with Gasteiger partial charge in [-0.1, -0.05) is 30.3 Å². The molecule has 31 heavy (non-hydrogen) atoms. The van der Waals surface area contributed by atoms with E-state index in [2.05, 4.69) is 15.2 Å². The number of aryl methyl sites for hydroxylation is 1. The van der Waals surface area contributed by atoms with Gasteiger partial charge in [-0.2, -0.15) is 0 Å². The summed E-state index contributed by atoms with van der Waals surface area (Å²) in [6, 6.07) is 13.0. The van der Waals surface area contributed by atoms with E-state index in [4.69, 9.17) is 9.26 Å². The van der Waals surface area contributed by atoms with Gasteiger partial charge in [-0.25, -0.2) is 8.42 Å². The maximum absolute atomic E-state index is 12.6. The van der Waals surface area contributed by atoms with Crippen LogP contribution < -0.4 is 14.8 Å². The van der Waals surface area contributed by atoms with Gasteiger partial charge < -0.3 is 14.6 Å². The summed E-state index contributed by atoms with van der Waals surface area (Å²) in [5, 5.41) is 6.64. The third-order valence-electron chi connectivity index (χ3n) is 4.43. The van der Waals surface area contributed by atoms with Crippen LogP contribution >= 0.6 is 0 Å². The van der Waals surface area contributed by atoms with E-state index in [1.807, 2.05) is 0 Å². The fourth-order valence-electron chi connectivity index (χ4n) is 2.68.